The van der Waals surface area contributed by atoms with Gasteiger partial charge < -0.3 is 4.74 Å². The maximum Gasteiger partial charge on any atom is 0.306 e. The number of carbonyl (C=O) groups excluding carboxylic acids is 1. The monoisotopic (exact) mass is 347 g/mol. The molecule has 0 aromatic heterocycles. The topological polar surface area (TPSA) is 38.7 Å². The second-order valence-corrected chi connectivity index (χ2v) is 8.30. The highest BCUT2D eigenvalue weighted by Crippen LogP contribution is 2.41. The molecule has 2 aliphatic carbocycles. The molecule has 0 atom stereocenters. The molecule has 0 aliphatic heterocycles. The van der Waals surface area contributed by atoms with Crippen molar-refractivity contribution in [2.45, 2.75) is 59.8 Å². The van der Waals surface area contributed by atoms with E-state index in [1.807, 2.05) is 6.92 Å². The molecule has 0 saturated heterocycles. The van der Waals surface area contributed by atoms with Crippen molar-refractivity contribution in [2.75, 3.05) is 12.4 Å². The first-order valence-corrected chi connectivity index (χ1v) is 9.82. The molecule has 0 spiro atoms. The zero-order chi connectivity index (χ0) is 17.6. The van der Waals surface area contributed by atoms with Crippen LogP contribution in [0.3, 0.4) is 0 Å². The molecular weight excluding hydrogens is 318 g/mol. The normalized spacial score (nSPS) is 21.8. The molecular formula is C20H29NO2S. The van der Waals surface area contributed by atoms with Crippen molar-refractivity contribution < 1.29 is 9.53 Å². The molecule has 0 amide bonds. The lowest BCUT2D eigenvalue weighted by atomic mass is 9.77. The molecule has 0 radical (unpaired) electrons. The second-order valence-electron chi connectivity index (χ2n) is 7.20. The van der Waals surface area contributed by atoms with Crippen molar-refractivity contribution in [1.82, 2.24) is 0 Å². The molecule has 0 saturated carbocycles. The van der Waals surface area contributed by atoms with E-state index in [-0.39, 0.29) is 11.4 Å². The van der Waals surface area contributed by atoms with Gasteiger partial charge in [0.25, 0.3) is 0 Å². The van der Waals surface area contributed by atoms with Gasteiger partial charge in [0.15, 0.2) is 0 Å². The van der Waals surface area contributed by atoms with Crippen LogP contribution in [0.5, 0.6) is 0 Å². The lowest BCUT2D eigenvalue weighted by Crippen LogP contribution is -2.24. The molecule has 0 aromatic rings. The van der Waals surface area contributed by atoms with E-state index < -0.39 is 0 Å². The number of esters is 1. The Morgan fingerprint density at radius 2 is 2.12 bits per heavy atom. The molecule has 2 aliphatic rings. The van der Waals surface area contributed by atoms with Crippen molar-refractivity contribution >= 4 is 23.4 Å². The molecule has 0 fully saturated rings. The second kappa shape index (κ2) is 8.70. The zero-order valence-electron chi connectivity index (χ0n) is 15.4. The minimum atomic E-state index is -0.115. The number of aliphatic imine (C=N–C) groups is 1. The van der Waals surface area contributed by atoms with Gasteiger partial charge in [-0.25, -0.2) is 0 Å². The van der Waals surface area contributed by atoms with Crippen LogP contribution in [0.25, 0.3) is 0 Å². The Morgan fingerprint density at radius 1 is 1.33 bits per heavy atom. The van der Waals surface area contributed by atoms with Gasteiger partial charge in [-0.1, -0.05) is 31.6 Å². The Bertz CT molecular complexity index is 597. The highest BCUT2D eigenvalue weighted by atomic mass is 32.2. The van der Waals surface area contributed by atoms with Gasteiger partial charge in [0, 0.05) is 10.7 Å². The third kappa shape index (κ3) is 5.66. The SMILES string of the molecule is CCOC(=O)CCSC1=C(C)CC(C)(C)C/C1=N\C1=CCCC=C1. The van der Waals surface area contributed by atoms with Gasteiger partial charge in [0.1, 0.15) is 0 Å². The Morgan fingerprint density at radius 3 is 2.79 bits per heavy atom. The highest BCUT2D eigenvalue weighted by molar-refractivity contribution is 8.04. The van der Waals surface area contributed by atoms with Crippen LogP contribution >= 0.6 is 11.8 Å². The van der Waals surface area contributed by atoms with E-state index in [0.717, 1.165) is 37.1 Å². The molecule has 3 nitrogen and oxygen atoms in total. The molecule has 2 rings (SSSR count). The lowest BCUT2D eigenvalue weighted by molar-refractivity contribution is -0.142. The number of nitrogens with zero attached hydrogens (tertiary/aromatic N) is 1. The predicted molar refractivity (Wildman–Crippen MR) is 103 cm³/mol. The number of allylic oxidation sites excluding steroid dienone is 5. The largest absolute Gasteiger partial charge is 0.466 e. The van der Waals surface area contributed by atoms with E-state index in [9.17, 15) is 4.79 Å². The number of ether oxygens (including phenoxy) is 1. The van der Waals surface area contributed by atoms with Crippen molar-refractivity contribution in [2.24, 2.45) is 10.4 Å². The molecule has 0 unspecified atom stereocenters. The van der Waals surface area contributed by atoms with E-state index in [2.05, 4.69) is 39.0 Å². The van der Waals surface area contributed by atoms with E-state index in [4.69, 9.17) is 9.73 Å². The predicted octanol–water partition coefficient (Wildman–Crippen LogP) is 5.44. The van der Waals surface area contributed by atoms with E-state index in [0.29, 0.717) is 13.0 Å². The van der Waals surface area contributed by atoms with Gasteiger partial charge >= 0.3 is 5.97 Å². The number of thioether (sulfide) groups is 1. The summed E-state index contributed by atoms with van der Waals surface area (Å²) in [5.74, 6) is 0.635. The summed E-state index contributed by atoms with van der Waals surface area (Å²) >= 11 is 1.75. The molecule has 0 N–H and O–H groups in total. The van der Waals surface area contributed by atoms with Crippen molar-refractivity contribution in [3.63, 3.8) is 0 Å². The molecule has 0 heterocycles. The summed E-state index contributed by atoms with van der Waals surface area (Å²) in [6, 6.07) is 0. The average Bonchev–Trinajstić information content (AvgIpc) is 2.50. The van der Waals surface area contributed by atoms with E-state index in [1.54, 1.807) is 11.8 Å². The molecule has 132 valence electrons. The van der Waals surface area contributed by atoms with Crippen LogP contribution in [0.15, 0.2) is 39.4 Å². The lowest BCUT2D eigenvalue weighted by Gasteiger charge is -2.33. The van der Waals surface area contributed by atoms with Crippen LogP contribution in [-0.4, -0.2) is 24.0 Å². The van der Waals surface area contributed by atoms with Gasteiger partial charge in [-0.05, 0) is 51.0 Å². The summed E-state index contributed by atoms with van der Waals surface area (Å²) < 4.78 is 5.02. The van der Waals surface area contributed by atoms with Crippen LogP contribution in [0.1, 0.15) is 59.8 Å². The van der Waals surface area contributed by atoms with Gasteiger partial charge in [0.05, 0.1) is 24.4 Å². The first kappa shape index (κ1) is 19.0. The molecule has 0 aromatic carbocycles. The zero-order valence-corrected chi connectivity index (χ0v) is 16.2. The number of hydrogen-bond donors (Lipinski definition) is 0. The Labute approximate surface area is 150 Å². The summed E-state index contributed by atoms with van der Waals surface area (Å²) in [6.07, 6.45) is 11.2. The quantitative estimate of drug-likeness (QED) is 0.600. The fraction of sp³-hybridized carbons (Fsp3) is 0.600. The van der Waals surface area contributed by atoms with E-state index in [1.165, 1.54) is 16.2 Å². The summed E-state index contributed by atoms with van der Waals surface area (Å²) in [7, 11) is 0. The number of carbonyl (C=O) groups is 1. The van der Waals surface area contributed by atoms with Gasteiger partial charge in [0.2, 0.25) is 0 Å². The third-order valence-corrected chi connectivity index (χ3v) is 5.42. The number of hydrogen-bond acceptors (Lipinski definition) is 4. The maximum atomic E-state index is 11.6. The Hall–Kier alpha value is -1.29. The van der Waals surface area contributed by atoms with Crippen molar-refractivity contribution in [1.29, 1.82) is 0 Å². The minimum Gasteiger partial charge on any atom is -0.466 e. The summed E-state index contributed by atoms with van der Waals surface area (Å²) in [5.41, 5.74) is 3.88. The van der Waals surface area contributed by atoms with Crippen molar-refractivity contribution in [3.05, 3.63) is 34.4 Å². The molecule has 0 bridgehead atoms. The van der Waals surface area contributed by atoms with Gasteiger partial charge in [-0.2, -0.15) is 0 Å². The Balaban J connectivity index is 2.13. The van der Waals surface area contributed by atoms with Crippen LogP contribution in [-0.2, 0) is 9.53 Å². The van der Waals surface area contributed by atoms with Crippen LogP contribution < -0.4 is 0 Å². The standard InChI is InChI=1S/C20H29NO2S/c1-5-23-18(22)11-12-24-19-15(2)13-20(3,4)14-17(19)21-16-9-7-6-8-10-16/h7,9-10H,5-6,8,11-14H2,1-4H3/b21-17+. The van der Waals surface area contributed by atoms with Crippen LogP contribution in [0, 0.1) is 5.41 Å². The summed E-state index contributed by atoms with van der Waals surface area (Å²) in [5, 5.41) is 0. The molecule has 24 heavy (non-hydrogen) atoms. The van der Waals surface area contributed by atoms with Gasteiger partial charge in [-0.15, -0.1) is 11.8 Å². The first-order valence-electron chi connectivity index (χ1n) is 8.84. The fourth-order valence-electron chi connectivity index (χ4n) is 3.25. The van der Waals surface area contributed by atoms with Crippen LogP contribution in [0.4, 0.5) is 0 Å². The molecule has 4 heteroatoms. The number of rotatable bonds is 6. The third-order valence-electron chi connectivity index (χ3n) is 4.14. The maximum absolute atomic E-state index is 11.6. The average molecular weight is 348 g/mol. The first-order chi connectivity index (χ1) is 11.4. The minimum absolute atomic E-state index is 0.115. The smallest absolute Gasteiger partial charge is 0.306 e. The summed E-state index contributed by atoms with van der Waals surface area (Å²) in [4.78, 5) is 17.8. The van der Waals surface area contributed by atoms with Crippen LogP contribution in [0.2, 0.25) is 0 Å². The summed E-state index contributed by atoms with van der Waals surface area (Å²) in [6.45, 7) is 9.10. The fourth-order valence-corrected chi connectivity index (χ4v) is 4.32. The highest BCUT2D eigenvalue weighted by Gasteiger charge is 2.30. The Kier molecular flexibility index (Phi) is 6.90. The van der Waals surface area contributed by atoms with E-state index >= 15 is 0 Å². The van der Waals surface area contributed by atoms with Gasteiger partial charge in [-0.3, -0.25) is 9.79 Å². The van der Waals surface area contributed by atoms with Crippen molar-refractivity contribution in [3.8, 4) is 0 Å².